The molecule has 3 aliphatic rings. The van der Waals surface area contributed by atoms with Crippen molar-refractivity contribution in [1.82, 2.24) is 5.32 Å². The highest BCUT2D eigenvalue weighted by molar-refractivity contribution is 5.90. The number of aryl methyl sites for hydroxylation is 1. The Bertz CT molecular complexity index is 890. The SMILES string of the molecule is O=C(Nc1ccc2c(c1)OCCO2)N[C@H]1CO[C@@H]2[C@@H](CCc3ccccc3)CO[C@@H]21. The van der Waals surface area contributed by atoms with E-state index in [9.17, 15) is 4.79 Å². The number of carbonyl (C=O) groups is 1. The van der Waals surface area contributed by atoms with Crippen LogP contribution in [-0.2, 0) is 15.9 Å². The molecular formula is C23H26N2O5. The molecule has 0 aliphatic carbocycles. The van der Waals surface area contributed by atoms with Gasteiger partial charge in [0.15, 0.2) is 11.5 Å². The normalized spacial score (nSPS) is 26.8. The molecule has 2 saturated heterocycles. The van der Waals surface area contributed by atoms with Gasteiger partial charge in [0, 0.05) is 17.7 Å². The maximum atomic E-state index is 12.5. The monoisotopic (exact) mass is 410 g/mol. The molecule has 3 heterocycles. The molecule has 7 heteroatoms. The first-order chi connectivity index (χ1) is 14.8. The van der Waals surface area contributed by atoms with Crippen LogP contribution in [0.1, 0.15) is 12.0 Å². The van der Waals surface area contributed by atoms with E-state index in [0.29, 0.717) is 49.5 Å². The molecule has 3 aliphatic heterocycles. The largest absolute Gasteiger partial charge is 0.486 e. The van der Waals surface area contributed by atoms with Crippen LogP contribution in [0.2, 0.25) is 0 Å². The number of hydrogen-bond acceptors (Lipinski definition) is 5. The van der Waals surface area contributed by atoms with E-state index in [1.807, 2.05) is 6.07 Å². The van der Waals surface area contributed by atoms with Crippen LogP contribution in [-0.4, -0.2) is 50.7 Å². The van der Waals surface area contributed by atoms with Crippen LogP contribution >= 0.6 is 0 Å². The van der Waals surface area contributed by atoms with Crippen molar-refractivity contribution in [2.24, 2.45) is 5.92 Å². The predicted molar refractivity (Wildman–Crippen MR) is 111 cm³/mol. The lowest BCUT2D eigenvalue weighted by Crippen LogP contribution is -2.45. The van der Waals surface area contributed by atoms with Gasteiger partial charge < -0.3 is 29.6 Å². The van der Waals surface area contributed by atoms with Crippen molar-refractivity contribution in [3.8, 4) is 11.5 Å². The number of nitrogens with one attached hydrogen (secondary N) is 2. The Morgan fingerprint density at radius 3 is 2.60 bits per heavy atom. The molecule has 0 unspecified atom stereocenters. The average molecular weight is 410 g/mol. The highest BCUT2D eigenvalue weighted by atomic mass is 16.6. The van der Waals surface area contributed by atoms with Gasteiger partial charge in [0.2, 0.25) is 0 Å². The summed E-state index contributed by atoms with van der Waals surface area (Å²) in [7, 11) is 0. The Morgan fingerprint density at radius 2 is 1.73 bits per heavy atom. The van der Waals surface area contributed by atoms with Crippen LogP contribution in [0.25, 0.3) is 0 Å². The number of carbonyl (C=O) groups excluding carboxylic acids is 1. The highest BCUT2D eigenvalue weighted by Crippen LogP contribution is 2.34. The summed E-state index contributed by atoms with van der Waals surface area (Å²) in [5.41, 5.74) is 1.98. The van der Waals surface area contributed by atoms with E-state index < -0.39 is 0 Å². The van der Waals surface area contributed by atoms with Gasteiger partial charge in [-0.15, -0.1) is 0 Å². The predicted octanol–water partition coefficient (Wildman–Crippen LogP) is 2.99. The third kappa shape index (κ3) is 4.08. The fourth-order valence-electron chi connectivity index (χ4n) is 4.40. The van der Waals surface area contributed by atoms with Crippen molar-refractivity contribution >= 4 is 11.7 Å². The Hall–Kier alpha value is -2.77. The fourth-order valence-corrected chi connectivity index (χ4v) is 4.40. The quantitative estimate of drug-likeness (QED) is 0.792. The lowest BCUT2D eigenvalue weighted by molar-refractivity contribution is 0.0615. The fraction of sp³-hybridized carbons (Fsp3) is 0.435. The second-order valence-corrected chi connectivity index (χ2v) is 7.94. The summed E-state index contributed by atoms with van der Waals surface area (Å²) in [5.74, 6) is 1.69. The lowest BCUT2D eigenvalue weighted by atomic mass is 9.93. The molecule has 0 saturated carbocycles. The molecule has 5 rings (SSSR count). The molecule has 0 aromatic heterocycles. The second kappa shape index (κ2) is 8.53. The number of rotatable bonds is 5. The van der Waals surface area contributed by atoms with Crippen LogP contribution in [0.4, 0.5) is 10.5 Å². The van der Waals surface area contributed by atoms with E-state index in [1.165, 1.54) is 5.56 Å². The number of amides is 2. The third-order valence-corrected chi connectivity index (χ3v) is 5.92. The van der Waals surface area contributed by atoms with Gasteiger partial charge in [0.05, 0.1) is 25.4 Å². The molecular weight excluding hydrogens is 384 g/mol. The molecule has 2 fully saturated rings. The first kappa shape index (κ1) is 19.2. The van der Waals surface area contributed by atoms with Gasteiger partial charge in [-0.1, -0.05) is 30.3 Å². The summed E-state index contributed by atoms with van der Waals surface area (Å²) in [4.78, 5) is 12.5. The van der Waals surface area contributed by atoms with Crippen LogP contribution < -0.4 is 20.1 Å². The van der Waals surface area contributed by atoms with Crippen molar-refractivity contribution in [2.45, 2.75) is 31.1 Å². The number of ether oxygens (including phenoxy) is 4. The Morgan fingerprint density at radius 1 is 0.933 bits per heavy atom. The summed E-state index contributed by atoms with van der Waals surface area (Å²) in [6.07, 6.45) is 1.95. The van der Waals surface area contributed by atoms with E-state index in [-0.39, 0.29) is 24.3 Å². The summed E-state index contributed by atoms with van der Waals surface area (Å²) in [5, 5.41) is 5.86. The number of urea groups is 1. The number of benzene rings is 2. The van der Waals surface area contributed by atoms with Gasteiger partial charge in [-0.3, -0.25) is 0 Å². The number of anilines is 1. The molecule has 0 spiro atoms. The van der Waals surface area contributed by atoms with Gasteiger partial charge >= 0.3 is 6.03 Å². The summed E-state index contributed by atoms with van der Waals surface area (Å²) < 4.78 is 23.1. The Labute approximate surface area is 175 Å². The minimum atomic E-state index is -0.280. The molecule has 2 aromatic carbocycles. The van der Waals surface area contributed by atoms with Crippen molar-refractivity contribution in [2.75, 3.05) is 31.7 Å². The van der Waals surface area contributed by atoms with Gasteiger partial charge in [-0.25, -0.2) is 4.79 Å². The molecule has 158 valence electrons. The topological polar surface area (TPSA) is 78.1 Å². The standard InChI is InChI=1S/C23H26N2O5/c26-23(24-17-8-9-19-20(12-17)28-11-10-27-19)25-18-14-30-21-16(13-29-22(18)21)7-6-15-4-2-1-3-5-15/h1-5,8-9,12,16,18,21-22H,6-7,10-11,13-14H2,(H2,24,25,26)/t16-,18-,21+,22+/m0/s1. The van der Waals surface area contributed by atoms with Crippen LogP contribution in [0.15, 0.2) is 48.5 Å². The van der Waals surface area contributed by atoms with Gasteiger partial charge in [-0.2, -0.15) is 0 Å². The summed E-state index contributed by atoms with van der Waals surface area (Å²) in [6.45, 7) is 2.18. The van der Waals surface area contributed by atoms with Crippen LogP contribution in [0, 0.1) is 5.92 Å². The number of hydrogen-bond donors (Lipinski definition) is 2. The minimum Gasteiger partial charge on any atom is -0.486 e. The lowest BCUT2D eigenvalue weighted by Gasteiger charge is -2.20. The number of fused-ring (bicyclic) bond motifs is 2. The molecule has 30 heavy (non-hydrogen) atoms. The van der Waals surface area contributed by atoms with Crippen molar-refractivity contribution in [3.05, 3.63) is 54.1 Å². The van der Waals surface area contributed by atoms with E-state index >= 15 is 0 Å². The first-order valence-corrected chi connectivity index (χ1v) is 10.5. The summed E-state index contributed by atoms with van der Waals surface area (Å²) >= 11 is 0. The first-order valence-electron chi connectivity index (χ1n) is 10.5. The zero-order valence-electron chi connectivity index (χ0n) is 16.7. The zero-order chi connectivity index (χ0) is 20.3. The van der Waals surface area contributed by atoms with Crippen LogP contribution in [0.3, 0.4) is 0 Å². The minimum absolute atomic E-state index is 0.0355. The van der Waals surface area contributed by atoms with Crippen molar-refractivity contribution < 1.29 is 23.7 Å². The Kier molecular flexibility index (Phi) is 5.46. The van der Waals surface area contributed by atoms with E-state index in [2.05, 4.69) is 34.9 Å². The van der Waals surface area contributed by atoms with Crippen molar-refractivity contribution in [3.63, 3.8) is 0 Å². The van der Waals surface area contributed by atoms with Crippen molar-refractivity contribution in [1.29, 1.82) is 0 Å². The van der Waals surface area contributed by atoms with Gasteiger partial charge in [0.1, 0.15) is 19.3 Å². The van der Waals surface area contributed by atoms with Gasteiger partial charge in [-0.05, 0) is 30.5 Å². The molecule has 4 atom stereocenters. The maximum Gasteiger partial charge on any atom is 0.319 e. The van der Waals surface area contributed by atoms with E-state index in [0.717, 1.165) is 12.8 Å². The molecule has 2 amide bonds. The smallest absolute Gasteiger partial charge is 0.319 e. The maximum absolute atomic E-state index is 12.5. The zero-order valence-corrected chi connectivity index (χ0v) is 16.7. The third-order valence-electron chi connectivity index (χ3n) is 5.92. The second-order valence-electron chi connectivity index (χ2n) is 7.94. The van der Waals surface area contributed by atoms with E-state index in [4.69, 9.17) is 18.9 Å². The Balaban J connectivity index is 1.14. The highest BCUT2D eigenvalue weighted by Gasteiger charge is 2.47. The molecule has 7 nitrogen and oxygen atoms in total. The van der Waals surface area contributed by atoms with E-state index in [1.54, 1.807) is 18.2 Å². The average Bonchev–Trinajstić information content (AvgIpc) is 3.36. The molecule has 0 radical (unpaired) electrons. The molecule has 2 N–H and O–H groups in total. The summed E-state index contributed by atoms with van der Waals surface area (Å²) in [6, 6.07) is 15.4. The van der Waals surface area contributed by atoms with Gasteiger partial charge in [0.25, 0.3) is 0 Å². The molecule has 0 bridgehead atoms. The molecule has 2 aromatic rings. The van der Waals surface area contributed by atoms with Crippen LogP contribution in [0.5, 0.6) is 11.5 Å².